The number of aryl methyl sites for hydroxylation is 1. The molecule has 0 aliphatic rings. The van der Waals surface area contributed by atoms with Crippen molar-refractivity contribution < 1.29 is 4.79 Å². The van der Waals surface area contributed by atoms with E-state index in [1.54, 1.807) is 10.9 Å². The molecule has 116 valence electrons. The van der Waals surface area contributed by atoms with Gasteiger partial charge in [-0.2, -0.15) is 5.10 Å². The monoisotopic (exact) mass is 409 g/mol. The second-order valence-electron chi connectivity index (χ2n) is 5.18. The number of aromatic nitrogens is 2. The smallest absolute Gasteiger partial charge is 0.259 e. The Morgan fingerprint density at radius 3 is 2.73 bits per heavy atom. The number of benzene rings is 1. The first-order valence-corrected chi connectivity index (χ1v) is 8.37. The van der Waals surface area contributed by atoms with E-state index in [4.69, 9.17) is 0 Å². The first-order valence-electron chi connectivity index (χ1n) is 7.29. The van der Waals surface area contributed by atoms with Crippen molar-refractivity contribution in [3.8, 4) is 0 Å². The largest absolute Gasteiger partial charge is 0.321 e. The van der Waals surface area contributed by atoms with Crippen molar-refractivity contribution in [3.63, 3.8) is 0 Å². The molecular formula is C17H20IN3O. The molecule has 4 nitrogen and oxygen atoms in total. The van der Waals surface area contributed by atoms with E-state index in [2.05, 4.69) is 52.9 Å². The van der Waals surface area contributed by atoms with Crippen LogP contribution in [0.1, 0.15) is 42.6 Å². The summed E-state index contributed by atoms with van der Waals surface area (Å²) in [6.45, 7) is 4.23. The van der Waals surface area contributed by atoms with E-state index in [1.165, 1.54) is 5.57 Å². The number of anilines is 1. The summed E-state index contributed by atoms with van der Waals surface area (Å²) in [5.41, 5.74) is 3.66. The topological polar surface area (TPSA) is 46.9 Å². The maximum Gasteiger partial charge on any atom is 0.259 e. The second kappa shape index (κ2) is 7.58. The molecule has 2 rings (SSSR count). The number of allylic oxidation sites excluding steroid dienone is 2. The van der Waals surface area contributed by atoms with Gasteiger partial charge in [-0.05, 0) is 47.6 Å². The van der Waals surface area contributed by atoms with Crippen LogP contribution in [0.4, 0.5) is 5.69 Å². The maximum atomic E-state index is 12.4. The van der Waals surface area contributed by atoms with Gasteiger partial charge in [0.25, 0.3) is 5.91 Å². The highest BCUT2D eigenvalue weighted by Crippen LogP contribution is 2.25. The van der Waals surface area contributed by atoms with Crippen molar-refractivity contribution in [1.29, 1.82) is 0 Å². The van der Waals surface area contributed by atoms with Gasteiger partial charge in [0, 0.05) is 24.5 Å². The molecule has 0 radical (unpaired) electrons. The number of para-hydroxylation sites is 1. The summed E-state index contributed by atoms with van der Waals surface area (Å²) in [4.78, 5) is 12.4. The molecule has 1 N–H and O–H groups in total. The predicted octanol–water partition coefficient (Wildman–Crippen LogP) is 4.48. The molecule has 0 atom stereocenters. The molecule has 0 saturated heterocycles. The Labute approximate surface area is 144 Å². The van der Waals surface area contributed by atoms with Gasteiger partial charge in [-0.3, -0.25) is 9.48 Å². The molecule has 22 heavy (non-hydrogen) atoms. The molecular weight excluding hydrogens is 389 g/mol. The summed E-state index contributed by atoms with van der Waals surface area (Å²) >= 11 is 2.08. The Morgan fingerprint density at radius 1 is 1.36 bits per heavy atom. The third-order valence-electron chi connectivity index (χ3n) is 3.37. The summed E-state index contributed by atoms with van der Waals surface area (Å²) in [7, 11) is 1.81. The molecule has 2 aromatic rings. The lowest BCUT2D eigenvalue weighted by atomic mass is 10.0. The third kappa shape index (κ3) is 3.97. The summed E-state index contributed by atoms with van der Waals surface area (Å²) in [6.07, 6.45) is 6.09. The van der Waals surface area contributed by atoms with E-state index in [0.717, 1.165) is 24.1 Å². The number of nitrogens with zero attached hydrogens (tertiary/aromatic N) is 2. The number of carbonyl (C=O) groups is 1. The summed E-state index contributed by atoms with van der Waals surface area (Å²) in [5.74, 6) is -0.131. The van der Waals surface area contributed by atoms with Gasteiger partial charge in [0.2, 0.25) is 0 Å². The number of amides is 1. The average molecular weight is 409 g/mol. The molecule has 0 unspecified atom stereocenters. The van der Waals surface area contributed by atoms with Crippen molar-refractivity contribution in [2.24, 2.45) is 7.05 Å². The van der Waals surface area contributed by atoms with E-state index in [-0.39, 0.29) is 5.91 Å². The van der Waals surface area contributed by atoms with Gasteiger partial charge in [0.1, 0.15) is 3.70 Å². The minimum atomic E-state index is -0.131. The Balaban J connectivity index is 2.26. The van der Waals surface area contributed by atoms with Gasteiger partial charge in [-0.15, -0.1) is 0 Å². The molecule has 0 aliphatic carbocycles. The lowest BCUT2D eigenvalue weighted by Gasteiger charge is -2.11. The quantitative estimate of drug-likeness (QED) is 0.741. The van der Waals surface area contributed by atoms with Gasteiger partial charge in [-0.1, -0.05) is 37.6 Å². The molecule has 1 aromatic heterocycles. The van der Waals surface area contributed by atoms with Crippen LogP contribution >= 0.6 is 22.6 Å². The molecule has 1 heterocycles. The van der Waals surface area contributed by atoms with E-state index >= 15 is 0 Å². The first kappa shape index (κ1) is 16.7. The number of hydrogen-bond donors (Lipinski definition) is 1. The van der Waals surface area contributed by atoms with E-state index in [1.807, 2.05) is 31.3 Å². The molecule has 1 amide bonds. The second-order valence-corrected chi connectivity index (χ2v) is 6.20. The average Bonchev–Trinajstić information content (AvgIpc) is 2.84. The molecule has 0 spiro atoms. The Kier molecular flexibility index (Phi) is 5.76. The highest BCUT2D eigenvalue weighted by Gasteiger charge is 2.15. The van der Waals surface area contributed by atoms with Crippen molar-refractivity contribution >= 4 is 39.8 Å². The fourth-order valence-corrected chi connectivity index (χ4v) is 2.93. The van der Waals surface area contributed by atoms with E-state index in [0.29, 0.717) is 9.26 Å². The fraction of sp³-hybridized carbons (Fsp3) is 0.294. The highest BCUT2D eigenvalue weighted by molar-refractivity contribution is 14.1. The maximum absolute atomic E-state index is 12.4. The van der Waals surface area contributed by atoms with Gasteiger partial charge in [-0.25, -0.2) is 0 Å². The molecule has 5 heteroatoms. The number of carbonyl (C=O) groups excluding carboxylic acids is 1. The van der Waals surface area contributed by atoms with Crippen LogP contribution in [0.15, 0.2) is 36.5 Å². The van der Waals surface area contributed by atoms with Crippen LogP contribution in [0.25, 0.3) is 5.57 Å². The summed E-state index contributed by atoms with van der Waals surface area (Å²) in [5, 5.41) is 7.20. The van der Waals surface area contributed by atoms with Crippen molar-refractivity contribution in [2.45, 2.75) is 26.7 Å². The van der Waals surface area contributed by atoms with Gasteiger partial charge in [0.15, 0.2) is 0 Å². The van der Waals surface area contributed by atoms with Gasteiger partial charge < -0.3 is 5.32 Å². The summed E-state index contributed by atoms with van der Waals surface area (Å²) < 4.78 is 2.35. The van der Waals surface area contributed by atoms with Crippen molar-refractivity contribution in [3.05, 3.63) is 51.4 Å². The third-order valence-corrected chi connectivity index (χ3v) is 4.16. The van der Waals surface area contributed by atoms with Crippen LogP contribution in [0.5, 0.6) is 0 Å². The predicted molar refractivity (Wildman–Crippen MR) is 98.9 cm³/mol. The minimum Gasteiger partial charge on any atom is -0.321 e. The van der Waals surface area contributed by atoms with Crippen LogP contribution in [-0.2, 0) is 7.05 Å². The van der Waals surface area contributed by atoms with Crippen LogP contribution in [0, 0.1) is 3.70 Å². The molecule has 1 aromatic carbocycles. The first-order chi connectivity index (χ1) is 10.5. The van der Waals surface area contributed by atoms with Crippen molar-refractivity contribution in [1.82, 2.24) is 9.78 Å². The van der Waals surface area contributed by atoms with E-state index in [9.17, 15) is 4.79 Å². The number of nitrogens with one attached hydrogen (secondary N) is 1. The number of unbranched alkanes of at least 4 members (excludes halogenated alkanes) is 1. The standard InChI is InChI=1S/C17H20IN3O/c1-4-5-8-12(2)13-9-6-7-10-15(13)19-17(22)14-11-21(3)20-16(14)18/h6-11H,4-5H2,1-3H3,(H,19,22). The Hall–Kier alpha value is -1.63. The Bertz CT molecular complexity index is 704. The minimum absolute atomic E-state index is 0.131. The summed E-state index contributed by atoms with van der Waals surface area (Å²) in [6, 6.07) is 7.88. The van der Waals surface area contributed by atoms with Gasteiger partial charge >= 0.3 is 0 Å². The molecule has 0 bridgehead atoms. The lowest BCUT2D eigenvalue weighted by molar-refractivity contribution is 0.102. The Morgan fingerprint density at radius 2 is 2.09 bits per heavy atom. The highest BCUT2D eigenvalue weighted by atomic mass is 127. The zero-order valence-corrected chi connectivity index (χ0v) is 15.2. The fourth-order valence-electron chi connectivity index (χ4n) is 2.21. The number of hydrogen-bond acceptors (Lipinski definition) is 2. The SMILES string of the molecule is CCCC=C(C)c1ccccc1NC(=O)c1cn(C)nc1I. The van der Waals surface area contributed by atoms with Gasteiger partial charge in [0.05, 0.1) is 5.56 Å². The van der Waals surface area contributed by atoms with Crippen LogP contribution < -0.4 is 5.32 Å². The number of rotatable bonds is 5. The van der Waals surface area contributed by atoms with Crippen molar-refractivity contribution in [2.75, 3.05) is 5.32 Å². The van der Waals surface area contributed by atoms with Crippen LogP contribution in [0.2, 0.25) is 0 Å². The zero-order chi connectivity index (χ0) is 16.1. The van der Waals surface area contributed by atoms with Crippen LogP contribution in [-0.4, -0.2) is 15.7 Å². The molecule has 0 saturated carbocycles. The molecule has 0 fully saturated rings. The lowest BCUT2D eigenvalue weighted by Crippen LogP contribution is -2.13. The number of halogens is 1. The van der Waals surface area contributed by atoms with E-state index < -0.39 is 0 Å². The van der Waals surface area contributed by atoms with Crippen LogP contribution in [0.3, 0.4) is 0 Å². The normalized spacial score (nSPS) is 11.5. The zero-order valence-electron chi connectivity index (χ0n) is 13.1. The molecule has 0 aliphatic heterocycles.